The van der Waals surface area contributed by atoms with E-state index in [4.69, 9.17) is 4.42 Å². The average molecular weight is 512 g/mol. The van der Waals surface area contributed by atoms with E-state index in [2.05, 4.69) is 127 Å². The Morgan fingerprint density at radius 1 is 0.400 bits per heavy atom. The molecule has 1 heterocycles. The fourth-order valence-corrected chi connectivity index (χ4v) is 6.02. The van der Waals surface area contributed by atoms with Gasteiger partial charge in [0.2, 0.25) is 0 Å². The second-order valence-electron chi connectivity index (χ2n) is 10.2. The van der Waals surface area contributed by atoms with Crippen LogP contribution in [0.3, 0.4) is 0 Å². The first-order valence-electron chi connectivity index (χ1n) is 13.6. The minimum atomic E-state index is 0.889. The van der Waals surface area contributed by atoms with Gasteiger partial charge in [0.25, 0.3) is 0 Å². The summed E-state index contributed by atoms with van der Waals surface area (Å²) >= 11 is 0. The van der Waals surface area contributed by atoms with Gasteiger partial charge >= 0.3 is 0 Å². The molecule has 0 atom stereocenters. The first-order chi connectivity index (χ1) is 19.8. The molecule has 0 spiro atoms. The van der Waals surface area contributed by atoms with Gasteiger partial charge in [-0.2, -0.15) is 0 Å². The average Bonchev–Trinajstić information content (AvgIpc) is 3.40. The third kappa shape index (κ3) is 3.65. The lowest BCUT2D eigenvalue weighted by Gasteiger charge is -2.14. The van der Waals surface area contributed by atoms with Gasteiger partial charge in [-0.3, -0.25) is 0 Å². The predicted molar refractivity (Wildman–Crippen MR) is 169 cm³/mol. The summed E-state index contributed by atoms with van der Waals surface area (Å²) in [5, 5.41) is 10.9. The number of hydrogen-bond acceptors (Lipinski definition) is 2. The van der Waals surface area contributed by atoms with Crippen LogP contribution >= 0.6 is 0 Å². The van der Waals surface area contributed by atoms with Gasteiger partial charge in [0.1, 0.15) is 11.2 Å². The Hall–Kier alpha value is -5.34. The third-order valence-corrected chi connectivity index (χ3v) is 7.88. The van der Waals surface area contributed by atoms with Crippen molar-refractivity contribution >= 4 is 54.9 Å². The van der Waals surface area contributed by atoms with Crippen molar-refractivity contribution < 1.29 is 4.42 Å². The van der Waals surface area contributed by atoms with E-state index >= 15 is 0 Å². The van der Waals surface area contributed by atoms with Crippen molar-refractivity contribution in [3.63, 3.8) is 0 Å². The molecule has 8 aromatic rings. The molecule has 0 unspecified atom stereocenters. The molecule has 0 fully saturated rings. The van der Waals surface area contributed by atoms with E-state index in [9.17, 15) is 0 Å². The number of nitrogens with one attached hydrogen (secondary N) is 1. The van der Waals surface area contributed by atoms with Gasteiger partial charge in [0.15, 0.2) is 0 Å². The van der Waals surface area contributed by atoms with Gasteiger partial charge < -0.3 is 9.73 Å². The molecule has 40 heavy (non-hydrogen) atoms. The Morgan fingerprint density at radius 3 is 1.82 bits per heavy atom. The highest BCUT2D eigenvalue weighted by Gasteiger charge is 2.13. The second kappa shape index (κ2) is 9.14. The zero-order valence-corrected chi connectivity index (χ0v) is 21.8. The molecule has 7 aromatic carbocycles. The smallest absolute Gasteiger partial charge is 0.137 e. The fourth-order valence-electron chi connectivity index (χ4n) is 6.02. The maximum Gasteiger partial charge on any atom is 0.137 e. The molecule has 1 N–H and O–H groups in total. The molecule has 0 amide bonds. The van der Waals surface area contributed by atoms with Crippen LogP contribution in [0.1, 0.15) is 0 Å². The predicted octanol–water partition coefficient (Wildman–Crippen LogP) is 11.0. The lowest BCUT2D eigenvalue weighted by atomic mass is 9.91. The van der Waals surface area contributed by atoms with E-state index in [0.29, 0.717) is 0 Å². The molecular formula is C38H25NO. The van der Waals surface area contributed by atoms with Crippen molar-refractivity contribution in [2.45, 2.75) is 0 Å². The van der Waals surface area contributed by atoms with Crippen molar-refractivity contribution in [3.05, 3.63) is 146 Å². The number of furan rings is 1. The zero-order chi connectivity index (χ0) is 26.5. The molecular weight excluding hydrogens is 486 g/mol. The topological polar surface area (TPSA) is 25.2 Å². The number of anilines is 2. The molecule has 0 radical (unpaired) electrons. The van der Waals surface area contributed by atoms with E-state index in [-0.39, 0.29) is 0 Å². The number of rotatable bonds is 4. The highest BCUT2D eigenvalue weighted by atomic mass is 16.3. The Labute approximate surface area is 232 Å². The molecule has 0 aliphatic carbocycles. The van der Waals surface area contributed by atoms with E-state index in [0.717, 1.165) is 33.3 Å². The van der Waals surface area contributed by atoms with Crippen molar-refractivity contribution in [2.24, 2.45) is 0 Å². The summed E-state index contributed by atoms with van der Waals surface area (Å²) in [6.07, 6.45) is 0. The van der Waals surface area contributed by atoms with Gasteiger partial charge in [0, 0.05) is 11.1 Å². The number of fused-ring (bicyclic) bond motifs is 5. The molecule has 0 saturated heterocycles. The standard InChI is InChI=1S/C38H25NO/c1-2-11-28-25(9-1)10-5-14-30(28)33-17-7-15-31-29(13-6-16-32(31)33)26-21-23-27(24-22-26)39-35-18-8-20-37-38(35)34-12-3-4-19-36(34)40-37/h1-24,39H. The van der Waals surface area contributed by atoms with Gasteiger partial charge in [-0.25, -0.2) is 0 Å². The van der Waals surface area contributed by atoms with Crippen molar-refractivity contribution in [1.82, 2.24) is 0 Å². The molecule has 1 aromatic heterocycles. The maximum absolute atomic E-state index is 6.07. The monoisotopic (exact) mass is 511 g/mol. The lowest BCUT2D eigenvalue weighted by Crippen LogP contribution is -1.91. The summed E-state index contributed by atoms with van der Waals surface area (Å²) in [5.74, 6) is 0. The van der Waals surface area contributed by atoms with E-state index < -0.39 is 0 Å². The molecule has 0 aliphatic heterocycles. The van der Waals surface area contributed by atoms with Gasteiger partial charge in [-0.1, -0.05) is 115 Å². The van der Waals surface area contributed by atoms with Crippen molar-refractivity contribution in [2.75, 3.05) is 5.32 Å². The molecule has 0 saturated carbocycles. The van der Waals surface area contributed by atoms with Crippen LogP contribution in [0.4, 0.5) is 11.4 Å². The molecule has 2 nitrogen and oxygen atoms in total. The Morgan fingerprint density at radius 2 is 0.975 bits per heavy atom. The minimum absolute atomic E-state index is 0.889. The fraction of sp³-hybridized carbons (Fsp3) is 0. The summed E-state index contributed by atoms with van der Waals surface area (Å²) < 4.78 is 6.07. The van der Waals surface area contributed by atoms with E-state index in [1.165, 1.54) is 43.8 Å². The molecule has 0 bridgehead atoms. The summed E-state index contributed by atoms with van der Waals surface area (Å²) in [7, 11) is 0. The first kappa shape index (κ1) is 22.6. The van der Waals surface area contributed by atoms with Gasteiger partial charge in [-0.05, 0) is 74.1 Å². The zero-order valence-electron chi connectivity index (χ0n) is 21.8. The molecule has 8 rings (SSSR count). The summed E-state index contributed by atoms with van der Waals surface area (Å²) in [4.78, 5) is 0. The Bertz CT molecular complexity index is 2180. The number of benzene rings is 7. The van der Waals surface area contributed by atoms with Crippen LogP contribution in [-0.4, -0.2) is 0 Å². The summed E-state index contributed by atoms with van der Waals surface area (Å²) in [6.45, 7) is 0. The molecule has 188 valence electrons. The first-order valence-corrected chi connectivity index (χ1v) is 13.6. The van der Waals surface area contributed by atoms with Crippen LogP contribution in [0.15, 0.2) is 150 Å². The molecule has 2 heteroatoms. The highest BCUT2D eigenvalue weighted by molar-refractivity contribution is 6.12. The maximum atomic E-state index is 6.07. The van der Waals surface area contributed by atoms with Crippen LogP contribution < -0.4 is 5.32 Å². The van der Waals surface area contributed by atoms with Crippen LogP contribution in [0, 0.1) is 0 Å². The largest absolute Gasteiger partial charge is 0.456 e. The van der Waals surface area contributed by atoms with E-state index in [1.54, 1.807) is 0 Å². The van der Waals surface area contributed by atoms with Gasteiger partial charge in [-0.15, -0.1) is 0 Å². The van der Waals surface area contributed by atoms with E-state index in [1.807, 2.05) is 24.3 Å². The normalized spacial score (nSPS) is 11.5. The highest BCUT2D eigenvalue weighted by Crippen LogP contribution is 2.39. The quantitative estimate of drug-likeness (QED) is 0.254. The second-order valence-corrected chi connectivity index (χ2v) is 10.2. The Kier molecular flexibility index (Phi) is 5.17. The Balaban J connectivity index is 1.19. The molecule has 0 aliphatic rings. The van der Waals surface area contributed by atoms with Crippen LogP contribution in [0.5, 0.6) is 0 Å². The third-order valence-electron chi connectivity index (χ3n) is 7.88. The van der Waals surface area contributed by atoms with Gasteiger partial charge in [0.05, 0.1) is 11.1 Å². The lowest BCUT2D eigenvalue weighted by molar-refractivity contribution is 0.669. The number of para-hydroxylation sites is 1. The van der Waals surface area contributed by atoms with Crippen LogP contribution in [0.25, 0.3) is 65.7 Å². The van der Waals surface area contributed by atoms with Crippen molar-refractivity contribution in [1.29, 1.82) is 0 Å². The SMILES string of the molecule is c1ccc2c(-c3cccc4c(-c5ccc(Nc6cccc7oc8ccccc8c67)cc5)cccc34)cccc2c1. The van der Waals surface area contributed by atoms with Crippen LogP contribution in [0.2, 0.25) is 0 Å². The minimum Gasteiger partial charge on any atom is -0.456 e. The summed E-state index contributed by atoms with van der Waals surface area (Å²) in [6, 6.07) is 51.5. The summed E-state index contributed by atoms with van der Waals surface area (Å²) in [5.41, 5.74) is 8.82. The van der Waals surface area contributed by atoms with Crippen LogP contribution in [-0.2, 0) is 0 Å². The van der Waals surface area contributed by atoms with Crippen molar-refractivity contribution in [3.8, 4) is 22.3 Å². The number of hydrogen-bond donors (Lipinski definition) is 1.